The van der Waals surface area contributed by atoms with E-state index in [0.717, 1.165) is 21.6 Å². The molecule has 0 bridgehead atoms. The van der Waals surface area contributed by atoms with E-state index in [9.17, 15) is 4.21 Å². The standard InChI is InChI=1S/C10H10O2S/c1-7-5-10(13(2)11)9-6-12-4-3-8(7)9/h3-6H,1-2H3. The zero-order valence-corrected chi connectivity index (χ0v) is 8.35. The van der Waals surface area contributed by atoms with Gasteiger partial charge in [-0.2, -0.15) is 0 Å². The van der Waals surface area contributed by atoms with Crippen molar-refractivity contribution < 1.29 is 8.63 Å². The predicted octanol–water partition coefficient (Wildman–Crippen LogP) is 2.43. The summed E-state index contributed by atoms with van der Waals surface area (Å²) in [4.78, 5) is 0.858. The minimum Gasteiger partial charge on any atom is -0.472 e. The molecule has 0 N–H and O–H groups in total. The van der Waals surface area contributed by atoms with Crippen LogP contribution in [0.15, 0.2) is 34.0 Å². The highest BCUT2D eigenvalue weighted by molar-refractivity contribution is 7.84. The first-order valence-corrected chi connectivity index (χ1v) is 5.55. The van der Waals surface area contributed by atoms with E-state index in [0.29, 0.717) is 0 Å². The van der Waals surface area contributed by atoms with Crippen LogP contribution in [-0.2, 0) is 10.8 Å². The van der Waals surface area contributed by atoms with E-state index < -0.39 is 10.8 Å². The minimum absolute atomic E-state index is 0.858. The molecule has 2 nitrogen and oxygen atoms in total. The molecular formula is C10H10O2S. The molecule has 1 aliphatic heterocycles. The van der Waals surface area contributed by atoms with Crippen LogP contribution in [0, 0.1) is 6.92 Å². The second-order valence-corrected chi connectivity index (χ2v) is 4.38. The molecular weight excluding hydrogens is 184 g/mol. The second kappa shape index (κ2) is 3.00. The van der Waals surface area contributed by atoms with Crippen LogP contribution in [0.4, 0.5) is 0 Å². The molecule has 0 spiro atoms. The summed E-state index contributed by atoms with van der Waals surface area (Å²) in [6.45, 7) is 2.01. The van der Waals surface area contributed by atoms with Crippen LogP contribution >= 0.6 is 0 Å². The molecule has 2 aliphatic rings. The van der Waals surface area contributed by atoms with Crippen LogP contribution in [0.25, 0.3) is 11.1 Å². The second-order valence-electron chi connectivity index (χ2n) is 3.03. The summed E-state index contributed by atoms with van der Waals surface area (Å²) >= 11 is 0. The fourth-order valence-corrected chi connectivity index (χ4v) is 2.30. The van der Waals surface area contributed by atoms with Crippen molar-refractivity contribution in [1.82, 2.24) is 0 Å². The van der Waals surface area contributed by atoms with Gasteiger partial charge in [0, 0.05) is 16.7 Å². The van der Waals surface area contributed by atoms with E-state index in [1.165, 1.54) is 0 Å². The molecule has 3 heteroatoms. The SMILES string of the molecule is Cc1cc(S(C)=O)c2coccc1-2. The molecule has 68 valence electrons. The molecule has 13 heavy (non-hydrogen) atoms. The Morgan fingerprint density at radius 3 is 2.85 bits per heavy atom. The summed E-state index contributed by atoms with van der Waals surface area (Å²) < 4.78 is 16.4. The van der Waals surface area contributed by atoms with Crippen molar-refractivity contribution >= 4 is 10.8 Å². The molecule has 0 amide bonds. The Hall–Kier alpha value is -1.09. The van der Waals surface area contributed by atoms with Crippen LogP contribution in [-0.4, -0.2) is 10.5 Å². The van der Waals surface area contributed by atoms with E-state index >= 15 is 0 Å². The Morgan fingerprint density at radius 1 is 1.38 bits per heavy atom. The molecule has 2 rings (SSSR count). The Bertz CT molecular complexity index is 431. The van der Waals surface area contributed by atoms with Crippen molar-refractivity contribution in [2.24, 2.45) is 0 Å². The fraction of sp³-hybridized carbons (Fsp3) is 0.200. The molecule has 0 saturated heterocycles. The predicted molar refractivity (Wildman–Crippen MR) is 52.4 cm³/mol. The van der Waals surface area contributed by atoms with Crippen LogP contribution in [0.2, 0.25) is 0 Å². The van der Waals surface area contributed by atoms with E-state index in [1.54, 1.807) is 18.8 Å². The van der Waals surface area contributed by atoms with Gasteiger partial charge in [0.25, 0.3) is 0 Å². The molecule has 1 unspecified atom stereocenters. The largest absolute Gasteiger partial charge is 0.472 e. The van der Waals surface area contributed by atoms with Gasteiger partial charge in [-0.1, -0.05) is 0 Å². The number of hydrogen-bond donors (Lipinski definition) is 0. The van der Waals surface area contributed by atoms with Gasteiger partial charge in [0.05, 0.1) is 23.3 Å². The zero-order chi connectivity index (χ0) is 9.42. The van der Waals surface area contributed by atoms with Gasteiger partial charge >= 0.3 is 0 Å². The van der Waals surface area contributed by atoms with E-state index in [2.05, 4.69) is 0 Å². The minimum atomic E-state index is -0.943. The molecule has 1 aliphatic carbocycles. The molecule has 1 atom stereocenters. The Kier molecular flexibility index (Phi) is 1.96. The smallest absolute Gasteiger partial charge is 0.0992 e. The summed E-state index contributed by atoms with van der Waals surface area (Å²) in [5, 5.41) is 0. The Labute approximate surface area is 79.4 Å². The maximum absolute atomic E-state index is 11.3. The Balaban J connectivity index is 2.74. The van der Waals surface area contributed by atoms with Crippen molar-refractivity contribution in [2.75, 3.05) is 6.26 Å². The van der Waals surface area contributed by atoms with Gasteiger partial charge in [0.15, 0.2) is 0 Å². The molecule has 0 saturated carbocycles. The lowest BCUT2D eigenvalue weighted by atomic mass is 10.1. The maximum atomic E-state index is 11.3. The monoisotopic (exact) mass is 194 g/mol. The molecule has 0 aromatic rings. The third kappa shape index (κ3) is 1.29. The number of rotatable bonds is 1. The maximum Gasteiger partial charge on any atom is 0.0992 e. The average Bonchev–Trinajstić information content (AvgIpc) is 2.45. The van der Waals surface area contributed by atoms with Crippen molar-refractivity contribution in [3.8, 4) is 11.1 Å². The Morgan fingerprint density at radius 2 is 2.15 bits per heavy atom. The first-order valence-electron chi connectivity index (χ1n) is 3.99. The fourth-order valence-electron chi connectivity index (χ4n) is 1.49. The lowest BCUT2D eigenvalue weighted by Gasteiger charge is -1.99. The van der Waals surface area contributed by atoms with Crippen LogP contribution in [0.3, 0.4) is 0 Å². The number of hydrogen-bond acceptors (Lipinski definition) is 2. The summed E-state index contributed by atoms with van der Waals surface area (Å²) in [7, 11) is -0.943. The van der Waals surface area contributed by atoms with Gasteiger partial charge in [0.2, 0.25) is 0 Å². The van der Waals surface area contributed by atoms with E-state index in [1.807, 2.05) is 19.1 Å². The molecule has 0 aromatic carbocycles. The summed E-state index contributed by atoms with van der Waals surface area (Å²) in [6.07, 6.45) is 4.97. The molecule has 1 heterocycles. The van der Waals surface area contributed by atoms with Crippen molar-refractivity contribution in [3.63, 3.8) is 0 Å². The van der Waals surface area contributed by atoms with E-state index in [4.69, 9.17) is 4.42 Å². The number of fused-ring (bicyclic) bond motifs is 1. The van der Waals surface area contributed by atoms with E-state index in [-0.39, 0.29) is 0 Å². The van der Waals surface area contributed by atoms with Crippen LogP contribution in [0.1, 0.15) is 5.56 Å². The highest BCUT2D eigenvalue weighted by Crippen LogP contribution is 2.33. The summed E-state index contributed by atoms with van der Waals surface area (Å²) in [5.74, 6) is 0. The first kappa shape index (κ1) is 8.51. The summed E-state index contributed by atoms with van der Waals surface area (Å²) in [6, 6.07) is 3.86. The quantitative estimate of drug-likeness (QED) is 0.698. The molecule has 0 aromatic heterocycles. The lowest BCUT2D eigenvalue weighted by Crippen LogP contribution is -1.85. The summed E-state index contributed by atoms with van der Waals surface area (Å²) in [5.41, 5.74) is 3.23. The zero-order valence-electron chi connectivity index (χ0n) is 7.53. The van der Waals surface area contributed by atoms with Gasteiger partial charge in [-0.05, 0) is 30.2 Å². The normalized spacial score (nSPS) is 13.4. The van der Waals surface area contributed by atoms with Crippen molar-refractivity contribution in [2.45, 2.75) is 11.8 Å². The van der Waals surface area contributed by atoms with Gasteiger partial charge < -0.3 is 4.42 Å². The van der Waals surface area contributed by atoms with Crippen molar-refractivity contribution in [3.05, 3.63) is 30.2 Å². The van der Waals surface area contributed by atoms with Gasteiger partial charge in [0.1, 0.15) is 0 Å². The molecule has 0 fully saturated rings. The lowest BCUT2D eigenvalue weighted by molar-refractivity contribution is 0.551. The third-order valence-electron chi connectivity index (χ3n) is 2.14. The van der Waals surface area contributed by atoms with Crippen LogP contribution in [0.5, 0.6) is 0 Å². The van der Waals surface area contributed by atoms with Crippen molar-refractivity contribution in [1.29, 1.82) is 0 Å². The van der Waals surface area contributed by atoms with Gasteiger partial charge in [-0.25, -0.2) is 0 Å². The van der Waals surface area contributed by atoms with Gasteiger partial charge in [-0.3, -0.25) is 4.21 Å². The first-order chi connectivity index (χ1) is 6.20. The average molecular weight is 194 g/mol. The van der Waals surface area contributed by atoms with Gasteiger partial charge in [-0.15, -0.1) is 0 Å². The number of aryl methyl sites for hydroxylation is 1. The van der Waals surface area contributed by atoms with Crippen LogP contribution < -0.4 is 0 Å². The highest BCUT2D eigenvalue weighted by atomic mass is 32.2. The molecule has 0 radical (unpaired) electrons. The highest BCUT2D eigenvalue weighted by Gasteiger charge is 2.15. The topological polar surface area (TPSA) is 30.2 Å². The third-order valence-corrected chi connectivity index (χ3v) is 3.09.